The second-order valence-corrected chi connectivity index (χ2v) is 4.58. The zero-order chi connectivity index (χ0) is 12.0. The van der Waals surface area contributed by atoms with Crippen LogP contribution in [0.5, 0.6) is 5.75 Å². The Hall–Kier alpha value is -1.46. The van der Waals surface area contributed by atoms with E-state index in [0.717, 1.165) is 17.7 Å². The Kier molecular flexibility index (Phi) is 4.39. The minimum absolute atomic E-state index is 0.160. The van der Waals surface area contributed by atoms with E-state index in [2.05, 4.69) is 11.8 Å². The molecule has 2 N–H and O–H groups in total. The fraction of sp³-hybridized carbons (Fsp3) is 0.429. The predicted molar refractivity (Wildman–Crippen MR) is 67.4 cm³/mol. The fourth-order valence-corrected chi connectivity index (χ4v) is 1.20. The van der Waals surface area contributed by atoms with Crippen LogP contribution in [0.1, 0.15) is 32.8 Å². The lowest BCUT2D eigenvalue weighted by Crippen LogP contribution is -2.22. The summed E-state index contributed by atoms with van der Waals surface area (Å²) in [6.07, 6.45) is 0.736. The largest absolute Gasteiger partial charge is 0.488 e. The van der Waals surface area contributed by atoms with Crippen LogP contribution >= 0.6 is 0 Å². The van der Waals surface area contributed by atoms with Gasteiger partial charge in [0.15, 0.2) is 0 Å². The maximum atomic E-state index is 5.71. The molecule has 86 valence electrons. The van der Waals surface area contributed by atoms with Crippen molar-refractivity contribution in [3.63, 3.8) is 0 Å². The maximum absolute atomic E-state index is 5.71. The standard InChI is InChI=1S/C14H19NO/c1-14(2,3)16-13-9-7-12(8-10-13)6-4-5-11-15/h7-10H,5,11,15H2,1-3H3. The van der Waals surface area contributed by atoms with Gasteiger partial charge in [-0.2, -0.15) is 0 Å². The summed E-state index contributed by atoms with van der Waals surface area (Å²) in [5.41, 5.74) is 6.20. The van der Waals surface area contributed by atoms with E-state index in [1.807, 2.05) is 45.0 Å². The van der Waals surface area contributed by atoms with Crippen molar-refractivity contribution in [2.45, 2.75) is 32.8 Å². The molecule has 2 heteroatoms. The Bertz CT molecular complexity index is 376. The molecule has 0 atom stereocenters. The molecule has 2 nitrogen and oxygen atoms in total. The molecule has 0 unspecified atom stereocenters. The van der Waals surface area contributed by atoms with Crippen LogP contribution in [0.15, 0.2) is 24.3 Å². The highest BCUT2D eigenvalue weighted by Crippen LogP contribution is 2.17. The quantitative estimate of drug-likeness (QED) is 0.773. The third-order valence-corrected chi connectivity index (χ3v) is 1.78. The number of nitrogens with two attached hydrogens (primary N) is 1. The molecule has 0 fully saturated rings. The van der Waals surface area contributed by atoms with Gasteiger partial charge in [0.25, 0.3) is 0 Å². The summed E-state index contributed by atoms with van der Waals surface area (Å²) < 4.78 is 5.71. The molecule has 0 spiro atoms. The van der Waals surface area contributed by atoms with Crippen LogP contribution in [0.4, 0.5) is 0 Å². The van der Waals surface area contributed by atoms with Gasteiger partial charge in [0.1, 0.15) is 11.4 Å². The summed E-state index contributed by atoms with van der Waals surface area (Å²) in [4.78, 5) is 0. The minimum atomic E-state index is -0.160. The van der Waals surface area contributed by atoms with Crippen molar-refractivity contribution in [1.82, 2.24) is 0 Å². The highest BCUT2D eigenvalue weighted by molar-refractivity contribution is 5.38. The van der Waals surface area contributed by atoms with Gasteiger partial charge >= 0.3 is 0 Å². The van der Waals surface area contributed by atoms with Crippen molar-refractivity contribution in [1.29, 1.82) is 0 Å². The highest BCUT2D eigenvalue weighted by atomic mass is 16.5. The second-order valence-electron chi connectivity index (χ2n) is 4.58. The first-order chi connectivity index (χ1) is 7.51. The van der Waals surface area contributed by atoms with Crippen LogP contribution < -0.4 is 10.5 Å². The van der Waals surface area contributed by atoms with E-state index < -0.39 is 0 Å². The molecule has 0 aliphatic carbocycles. The van der Waals surface area contributed by atoms with E-state index in [1.54, 1.807) is 0 Å². The molecule has 0 radical (unpaired) electrons. The lowest BCUT2D eigenvalue weighted by Gasteiger charge is -2.21. The Morgan fingerprint density at radius 3 is 2.31 bits per heavy atom. The van der Waals surface area contributed by atoms with Crippen LogP contribution in [0, 0.1) is 11.8 Å². The molecule has 0 saturated carbocycles. The zero-order valence-electron chi connectivity index (χ0n) is 10.2. The topological polar surface area (TPSA) is 35.2 Å². The molecule has 16 heavy (non-hydrogen) atoms. The molecule has 1 aromatic carbocycles. The first-order valence-corrected chi connectivity index (χ1v) is 5.49. The third kappa shape index (κ3) is 4.86. The van der Waals surface area contributed by atoms with Gasteiger partial charge in [-0.3, -0.25) is 0 Å². The monoisotopic (exact) mass is 217 g/mol. The molecule has 0 aromatic heterocycles. The van der Waals surface area contributed by atoms with Crippen LogP contribution in [0.25, 0.3) is 0 Å². The van der Waals surface area contributed by atoms with Crippen molar-refractivity contribution in [2.24, 2.45) is 5.73 Å². The van der Waals surface area contributed by atoms with Crippen LogP contribution in [-0.4, -0.2) is 12.1 Å². The van der Waals surface area contributed by atoms with Gasteiger partial charge in [-0.05, 0) is 45.0 Å². The van der Waals surface area contributed by atoms with Crippen LogP contribution in [0.2, 0.25) is 0 Å². The molecule has 0 aliphatic rings. The average molecular weight is 217 g/mol. The van der Waals surface area contributed by atoms with Crippen molar-refractivity contribution in [3.05, 3.63) is 29.8 Å². The fourth-order valence-electron chi connectivity index (χ4n) is 1.20. The molecule has 0 amide bonds. The molecule has 1 rings (SSSR count). The van der Waals surface area contributed by atoms with E-state index in [0.29, 0.717) is 6.54 Å². The molecule has 0 heterocycles. The van der Waals surface area contributed by atoms with Crippen molar-refractivity contribution < 1.29 is 4.74 Å². The van der Waals surface area contributed by atoms with Gasteiger partial charge < -0.3 is 10.5 Å². The Labute approximate surface area is 97.8 Å². The van der Waals surface area contributed by atoms with E-state index in [9.17, 15) is 0 Å². The lowest BCUT2D eigenvalue weighted by molar-refractivity contribution is 0.131. The molecular weight excluding hydrogens is 198 g/mol. The molecule has 0 saturated heterocycles. The number of benzene rings is 1. The first kappa shape index (κ1) is 12.6. The number of hydrogen-bond acceptors (Lipinski definition) is 2. The Morgan fingerprint density at radius 2 is 1.81 bits per heavy atom. The maximum Gasteiger partial charge on any atom is 0.120 e. The van der Waals surface area contributed by atoms with Gasteiger partial charge in [0.2, 0.25) is 0 Å². The van der Waals surface area contributed by atoms with Gasteiger partial charge in [-0.1, -0.05) is 11.8 Å². The summed E-state index contributed by atoms with van der Waals surface area (Å²) in [5.74, 6) is 6.93. The first-order valence-electron chi connectivity index (χ1n) is 5.49. The van der Waals surface area contributed by atoms with E-state index in [1.165, 1.54) is 0 Å². The van der Waals surface area contributed by atoms with Crippen molar-refractivity contribution in [2.75, 3.05) is 6.54 Å². The highest BCUT2D eigenvalue weighted by Gasteiger charge is 2.10. The van der Waals surface area contributed by atoms with Gasteiger partial charge in [0.05, 0.1) is 0 Å². The van der Waals surface area contributed by atoms with Crippen LogP contribution in [0.3, 0.4) is 0 Å². The zero-order valence-corrected chi connectivity index (χ0v) is 10.2. The Balaban J connectivity index is 2.66. The smallest absolute Gasteiger partial charge is 0.120 e. The predicted octanol–water partition coefficient (Wildman–Crippen LogP) is 2.56. The molecule has 0 aliphatic heterocycles. The summed E-state index contributed by atoms with van der Waals surface area (Å²) in [7, 11) is 0. The minimum Gasteiger partial charge on any atom is -0.488 e. The molecule has 1 aromatic rings. The molecular formula is C14H19NO. The summed E-state index contributed by atoms with van der Waals surface area (Å²) in [5, 5.41) is 0. The van der Waals surface area contributed by atoms with Crippen LogP contribution in [-0.2, 0) is 0 Å². The number of hydrogen-bond donors (Lipinski definition) is 1. The van der Waals surface area contributed by atoms with E-state index >= 15 is 0 Å². The van der Waals surface area contributed by atoms with E-state index in [-0.39, 0.29) is 5.60 Å². The summed E-state index contributed by atoms with van der Waals surface area (Å²) >= 11 is 0. The lowest BCUT2D eigenvalue weighted by atomic mass is 10.1. The SMILES string of the molecule is CC(C)(C)Oc1ccc(C#CCCN)cc1. The molecule has 0 bridgehead atoms. The average Bonchev–Trinajstić information content (AvgIpc) is 2.19. The second kappa shape index (κ2) is 5.58. The number of ether oxygens (including phenoxy) is 1. The normalized spacial score (nSPS) is 10.5. The Morgan fingerprint density at radius 1 is 1.19 bits per heavy atom. The summed E-state index contributed by atoms with van der Waals surface area (Å²) in [6.45, 7) is 6.70. The van der Waals surface area contributed by atoms with Crippen molar-refractivity contribution in [3.8, 4) is 17.6 Å². The number of rotatable bonds is 2. The van der Waals surface area contributed by atoms with E-state index in [4.69, 9.17) is 10.5 Å². The van der Waals surface area contributed by atoms with Gasteiger partial charge in [0, 0.05) is 18.5 Å². The van der Waals surface area contributed by atoms with Gasteiger partial charge in [-0.25, -0.2) is 0 Å². The van der Waals surface area contributed by atoms with Crippen molar-refractivity contribution >= 4 is 0 Å². The van der Waals surface area contributed by atoms with Gasteiger partial charge in [-0.15, -0.1) is 0 Å². The third-order valence-electron chi connectivity index (χ3n) is 1.78. The summed E-state index contributed by atoms with van der Waals surface area (Å²) in [6, 6.07) is 7.81.